The number of nitrogens with two attached hydrogens (primary N) is 1. The normalized spacial score (nSPS) is 10.2. The molecule has 1 amide bonds. The lowest BCUT2D eigenvalue weighted by Crippen LogP contribution is -2.22. The number of aryl methyl sites for hydroxylation is 1. The number of amides is 1. The smallest absolute Gasteiger partial charge is 0.263 e. The van der Waals surface area contributed by atoms with Crippen LogP contribution in [0.2, 0.25) is 0 Å². The van der Waals surface area contributed by atoms with Gasteiger partial charge in [-0.2, -0.15) is 0 Å². The van der Waals surface area contributed by atoms with Crippen LogP contribution in [-0.4, -0.2) is 23.0 Å². The number of aromatic nitrogens is 2. The molecule has 0 aliphatic heterocycles. The molecule has 3 N–H and O–H groups in total. The molecule has 100 valence electrons. The summed E-state index contributed by atoms with van der Waals surface area (Å²) in [6, 6.07) is 3.59. The average molecular weight is 278 g/mol. The monoisotopic (exact) mass is 278 g/mol. The van der Waals surface area contributed by atoms with Crippen molar-refractivity contribution in [3.63, 3.8) is 0 Å². The lowest BCUT2D eigenvalue weighted by molar-refractivity contribution is 0.0954. The summed E-state index contributed by atoms with van der Waals surface area (Å²) in [5.74, 6) is 0.365. The fourth-order valence-electron chi connectivity index (χ4n) is 1.53. The molecule has 2 rings (SSSR count). The first-order chi connectivity index (χ1) is 9.10. The number of anilines is 1. The van der Waals surface area contributed by atoms with Crippen LogP contribution in [0.15, 0.2) is 18.3 Å². The number of nitrogen functional groups attached to an aromatic ring is 1. The molecule has 0 saturated heterocycles. The van der Waals surface area contributed by atoms with E-state index in [0.29, 0.717) is 28.1 Å². The molecular formula is C12H14N4O2S. The van der Waals surface area contributed by atoms with Gasteiger partial charge in [-0.3, -0.25) is 4.79 Å². The molecule has 0 radical (unpaired) electrons. The van der Waals surface area contributed by atoms with Gasteiger partial charge in [0.25, 0.3) is 5.91 Å². The van der Waals surface area contributed by atoms with Crippen molar-refractivity contribution in [1.82, 2.24) is 15.3 Å². The van der Waals surface area contributed by atoms with Gasteiger partial charge < -0.3 is 15.8 Å². The predicted molar refractivity (Wildman–Crippen MR) is 73.2 cm³/mol. The second-order valence-corrected chi connectivity index (χ2v) is 4.89. The average Bonchev–Trinajstić information content (AvgIpc) is 2.75. The highest BCUT2D eigenvalue weighted by molar-refractivity contribution is 7.17. The predicted octanol–water partition coefficient (Wildman–Crippen LogP) is 1.37. The van der Waals surface area contributed by atoms with E-state index >= 15 is 0 Å². The van der Waals surface area contributed by atoms with Gasteiger partial charge in [-0.05, 0) is 12.5 Å². The van der Waals surface area contributed by atoms with Crippen LogP contribution in [0.3, 0.4) is 0 Å². The summed E-state index contributed by atoms with van der Waals surface area (Å²) in [6.45, 7) is 2.16. The van der Waals surface area contributed by atoms with E-state index in [1.54, 1.807) is 26.3 Å². The Bertz CT molecular complexity index is 580. The topological polar surface area (TPSA) is 90.1 Å². The Kier molecular flexibility index (Phi) is 3.96. The zero-order chi connectivity index (χ0) is 13.8. The van der Waals surface area contributed by atoms with E-state index in [4.69, 9.17) is 10.5 Å². The van der Waals surface area contributed by atoms with E-state index in [9.17, 15) is 4.79 Å². The molecule has 19 heavy (non-hydrogen) atoms. The first-order valence-corrected chi connectivity index (χ1v) is 6.42. The maximum atomic E-state index is 11.9. The number of rotatable bonds is 4. The summed E-state index contributed by atoms with van der Waals surface area (Å²) < 4.78 is 4.96. The van der Waals surface area contributed by atoms with Crippen LogP contribution in [-0.2, 0) is 6.54 Å². The number of hydrogen-bond acceptors (Lipinski definition) is 6. The molecule has 7 heteroatoms. The van der Waals surface area contributed by atoms with E-state index < -0.39 is 0 Å². The van der Waals surface area contributed by atoms with Crippen LogP contribution in [0.4, 0.5) is 5.13 Å². The third-order valence-electron chi connectivity index (χ3n) is 2.48. The Morgan fingerprint density at radius 2 is 2.32 bits per heavy atom. The van der Waals surface area contributed by atoms with Crippen molar-refractivity contribution in [1.29, 1.82) is 0 Å². The van der Waals surface area contributed by atoms with Crippen molar-refractivity contribution < 1.29 is 9.53 Å². The van der Waals surface area contributed by atoms with Crippen LogP contribution in [0.5, 0.6) is 5.88 Å². The summed E-state index contributed by atoms with van der Waals surface area (Å²) in [7, 11) is 1.56. The third kappa shape index (κ3) is 3.19. The minimum atomic E-state index is -0.178. The number of carbonyl (C=O) groups is 1. The number of nitrogens with one attached hydrogen (secondary N) is 1. The van der Waals surface area contributed by atoms with Gasteiger partial charge in [0.05, 0.1) is 12.8 Å². The maximum Gasteiger partial charge on any atom is 0.263 e. The highest BCUT2D eigenvalue weighted by Crippen LogP contribution is 2.19. The van der Waals surface area contributed by atoms with Crippen LogP contribution in [0.25, 0.3) is 0 Å². The number of carbonyl (C=O) groups excluding carboxylic acids is 1. The van der Waals surface area contributed by atoms with Gasteiger partial charge in [-0.25, -0.2) is 9.97 Å². The van der Waals surface area contributed by atoms with E-state index in [-0.39, 0.29) is 5.91 Å². The van der Waals surface area contributed by atoms with E-state index in [1.165, 1.54) is 11.3 Å². The number of nitrogens with zero attached hydrogens (tertiary/aromatic N) is 2. The van der Waals surface area contributed by atoms with E-state index in [1.807, 2.05) is 6.07 Å². The Morgan fingerprint density at radius 1 is 1.53 bits per heavy atom. The number of methoxy groups -OCH3 is 1. The summed E-state index contributed by atoms with van der Waals surface area (Å²) in [5, 5.41) is 3.20. The van der Waals surface area contributed by atoms with E-state index in [0.717, 1.165) is 5.56 Å². The quantitative estimate of drug-likeness (QED) is 0.881. The van der Waals surface area contributed by atoms with Crippen LogP contribution >= 0.6 is 11.3 Å². The van der Waals surface area contributed by atoms with Crippen molar-refractivity contribution in [3.8, 4) is 5.88 Å². The van der Waals surface area contributed by atoms with Crippen LogP contribution in [0.1, 0.15) is 20.9 Å². The molecule has 6 nitrogen and oxygen atoms in total. The molecule has 0 aliphatic carbocycles. The second-order valence-electron chi connectivity index (χ2n) is 3.86. The SMILES string of the molecule is COc1ccc(CNC(=O)c2sc(N)nc2C)cn1. The van der Waals surface area contributed by atoms with Crippen molar-refractivity contribution in [3.05, 3.63) is 34.5 Å². The van der Waals surface area contributed by atoms with Crippen molar-refractivity contribution in [2.24, 2.45) is 0 Å². The Labute approximate surface area is 114 Å². The van der Waals surface area contributed by atoms with Crippen molar-refractivity contribution >= 4 is 22.4 Å². The fourth-order valence-corrected chi connectivity index (χ4v) is 2.28. The summed E-state index contributed by atoms with van der Waals surface area (Å²) in [4.78, 5) is 20.6. The number of hydrogen-bond donors (Lipinski definition) is 2. The Hall–Kier alpha value is -2.15. The van der Waals surface area contributed by atoms with Gasteiger partial charge in [0, 0.05) is 18.8 Å². The maximum absolute atomic E-state index is 11.9. The van der Waals surface area contributed by atoms with Gasteiger partial charge in [-0.1, -0.05) is 17.4 Å². The molecule has 0 bridgehead atoms. The molecule has 0 aromatic carbocycles. The fraction of sp³-hybridized carbons (Fsp3) is 0.250. The zero-order valence-electron chi connectivity index (χ0n) is 10.6. The highest BCUT2D eigenvalue weighted by Gasteiger charge is 2.13. The largest absolute Gasteiger partial charge is 0.481 e. The third-order valence-corrected chi connectivity index (χ3v) is 3.46. The molecule has 0 spiro atoms. The van der Waals surface area contributed by atoms with Crippen LogP contribution in [0, 0.1) is 6.92 Å². The van der Waals surface area contributed by atoms with Gasteiger partial charge in [0.15, 0.2) is 5.13 Å². The Balaban J connectivity index is 1.98. The molecule has 2 aromatic rings. The second kappa shape index (κ2) is 5.66. The molecular weight excluding hydrogens is 264 g/mol. The van der Waals surface area contributed by atoms with Crippen molar-refractivity contribution in [2.45, 2.75) is 13.5 Å². The summed E-state index contributed by atoms with van der Waals surface area (Å²) >= 11 is 1.18. The molecule has 2 aromatic heterocycles. The molecule has 0 aliphatic rings. The van der Waals surface area contributed by atoms with Crippen molar-refractivity contribution in [2.75, 3.05) is 12.8 Å². The highest BCUT2D eigenvalue weighted by atomic mass is 32.1. The lowest BCUT2D eigenvalue weighted by atomic mass is 10.3. The Morgan fingerprint density at radius 3 is 2.84 bits per heavy atom. The standard InChI is InChI=1S/C12H14N4O2S/c1-7-10(19-12(13)16-7)11(17)15-6-8-3-4-9(18-2)14-5-8/h3-5H,6H2,1-2H3,(H2,13,16)(H,15,17). The number of ether oxygens (including phenoxy) is 1. The summed E-state index contributed by atoms with van der Waals surface area (Å²) in [5.41, 5.74) is 7.10. The molecule has 0 fully saturated rings. The molecule has 0 atom stereocenters. The zero-order valence-corrected chi connectivity index (χ0v) is 11.5. The van der Waals surface area contributed by atoms with Gasteiger partial charge >= 0.3 is 0 Å². The first kappa shape index (κ1) is 13.3. The molecule has 2 heterocycles. The van der Waals surface area contributed by atoms with Crippen LogP contribution < -0.4 is 15.8 Å². The minimum absolute atomic E-state index is 0.178. The van der Waals surface area contributed by atoms with Gasteiger partial charge in [0.1, 0.15) is 4.88 Å². The van der Waals surface area contributed by atoms with E-state index in [2.05, 4.69) is 15.3 Å². The lowest BCUT2D eigenvalue weighted by Gasteiger charge is -2.04. The first-order valence-electron chi connectivity index (χ1n) is 5.60. The number of pyridine rings is 1. The van der Waals surface area contributed by atoms with Gasteiger partial charge in [-0.15, -0.1) is 0 Å². The summed E-state index contributed by atoms with van der Waals surface area (Å²) in [6.07, 6.45) is 1.66. The molecule has 0 unspecified atom stereocenters. The molecule has 0 saturated carbocycles. The minimum Gasteiger partial charge on any atom is -0.481 e. The number of thiazole rings is 1. The van der Waals surface area contributed by atoms with Gasteiger partial charge in [0.2, 0.25) is 5.88 Å².